The molecule has 6 nitrogen and oxygen atoms in total. The Morgan fingerprint density at radius 1 is 1.07 bits per heavy atom. The first-order chi connectivity index (χ1) is 13.7. The molecule has 7 heteroatoms. The maximum Gasteiger partial charge on any atom is 0.258 e. The molecular formula is C21H21N5OS. The monoisotopic (exact) mass is 391 g/mol. The Morgan fingerprint density at radius 2 is 1.89 bits per heavy atom. The van der Waals surface area contributed by atoms with E-state index in [0.717, 1.165) is 35.0 Å². The smallest absolute Gasteiger partial charge is 0.258 e. The van der Waals surface area contributed by atoms with Gasteiger partial charge in [0.1, 0.15) is 11.6 Å². The summed E-state index contributed by atoms with van der Waals surface area (Å²) < 4.78 is 2.11. The fourth-order valence-electron chi connectivity index (χ4n) is 3.21. The van der Waals surface area contributed by atoms with Crippen LogP contribution in [0.1, 0.15) is 29.7 Å². The molecule has 4 aromatic rings. The van der Waals surface area contributed by atoms with Crippen molar-refractivity contribution in [2.45, 2.75) is 37.7 Å². The van der Waals surface area contributed by atoms with Gasteiger partial charge in [0.25, 0.3) is 5.56 Å². The van der Waals surface area contributed by atoms with Crippen LogP contribution in [0.15, 0.2) is 58.5 Å². The number of nitrogens with one attached hydrogen (secondary N) is 1. The highest BCUT2D eigenvalue weighted by Gasteiger charge is 2.13. The number of H-pyrrole nitrogens is 1. The topological polar surface area (TPSA) is 76.5 Å². The Balaban J connectivity index is 1.56. The largest absolute Gasteiger partial charge is 0.309 e. The van der Waals surface area contributed by atoms with E-state index in [1.54, 1.807) is 6.07 Å². The molecule has 0 fully saturated rings. The van der Waals surface area contributed by atoms with Crippen LogP contribution in [0.4, 0.5) is 0 Å². The van der Waals surface area contributed by atoms with E-state index in [9.17, 15) is 4.79 Å². The molecule has 142 valence electrons. The number of aromatic amines is 1. The summed E-state index contributed by atoms with van der Waals surface area (Å²) in [6.45, 7) is 4.84. The minimum atomic E-state index is -0.106. The van der Waals surface area contributed by atoms with Crippen molar-refractivity contribution in [3.05, 3.63) is 81.7 Å². The van der Waals surface area contributed by atoms with Gasteiger partial charge in [-0.05, 0) is 31.0 Å². The summed E-state index contributed by atoms with van der Waals surface area (Å²) in [5.74, 6) is 2.11. The molecular weight excluding hydrogens is 370 g/mol. The molecule has 28 heavy (non-hydrogen) atoms. The fourth-order valence-corrected chi connectivity index (χ4v) is 4.10. The van der Waals surface area contributed by atoms with Crippen LogP contribution >= 0.6 is 11.8 Å². The lowest BCUT2D eigenvalue weighted by molar-refractivity contribution is 0.651. The van der Waals surface area contributed by atoms with Crippen LogP contribution in [0.5, 0.6) is 0 Å². The summed E-state index contributed by atoms with van der Waals surface area (Å²) in [5.41, 5.74) is 2.85. The minimum Gasteiger partial charge on any atom is -0.309 e. The molecule has 0 radical (unpaired) electrons. The molecule has 2 heterocycles. The van der Waals surface area contributed by atoms with Gasteiger partial charge in [0.15, 0.2) is 5.16 Å². The number of thioether (sulfide) groups is 1. The van der Waals surface area contributed by atoms with Gasteiger partial charge in [-0.3, -0.25) is 4.79 Å². The van der Waals surface area contributed by atoms with Crippen LogP contribution < -0.4 is 5.56 Å². The molecule has 0 spiro atoms. The van der Waals surface area contributed by atoms with Crippen LogP contribution in [-0.2, 0) is 18.7 Å². The Hall–Kier alpha value is -2.93. The number of aryl methyl sites for hydroxylation is 1. The third-order valence-electron chi connectivity index (χ3n) is 4.64. The number of nitrogens with zero attached hydrogens (tertiary/aromatic N) is 4. The molecule has 0 saturated carbocycles. The second-order valence-corrected chi connectivity index (χ2v) is 7.52. The van der Waals surface area contributed by atoms with Gasteiger partial charge >= 0.3 is 0 Å². The van der Waals surface area contributed by atoms with Gasteiger partial charge in [0, 0.05) is 13.0 Å². The van der Waals surface area contributed by atoms with Crippen LogP contribution in [-0.4, -0.2) is 24.7 Å². The Morgan fingerprint density at radius 3 is 2.68 bits per heavy atom. The van der Waals surface area contributed by atoms with E-state index in [-0.39, 0.29) is 5.56 Å². The van der Waals surface area contributed by atoms with Crippen molar-refractivity contribution in [3.8, 4) is 0 Å². The van der Waals surface area contributed by atoms with E-state index in [2.05, 4.69) is 43.8 Å². The van der Waals surface area contributed by atoms with Gasteiger partial charge in [0.05, 0.1) is 16.7 Å². The average Bonchev–Trinajstić information content (AvgIpc) is 3.09. The van der Waals surface area contributed by atoms with Crippen molar-refractivity contribution in [1.82, 2.24) is 24.7 Å². The molecule has 1 N–H and O–H groups in total. The molecule has 0 atom stereocenters. The average molecular weight is 392 g/mol. The third kappa shape index (κ3) is 3.71. The van der Waals surface area contributed by atoms with E-state index in [0.29, 0.717) is 17.0 Å². The first-order valence-corrected chi connectivity index (χ1v) is 10.2. The number of rotatable bonds is 6. The lowest BCUT2D eigenvalue weighted by Gasteiger charge is -2.08. The molecule has 0 saturated heterocycles. The number of hydrogen-bond donors (Lipinski definition) is 1. The lowest BCUT2D eigenvalue weighted by Crippen LogP contribution is -2.12. The van der Waals surface area contributed by atoms with E-state index in [1.807, 2.05) is 37.3 Å². The third-order valence-corrected chi connectivity index (χ3v) is 5.62. The van der Waals surface area contributed by atoms with Crippen LogP contribution in [0.3, 0.4) is 0 Å². The standard InChI is InChI=1S/C21H21N5OS/c1-3-26-18(12-15-9-5-4-6-10-15)24-25-21(26)28-13-17-22-19-14(2)8-7-11-16(19)20(27)23-17/h4-11H,3,12-13H2,1-2H3,(H,22,23,27). The quantitative estimate of drug-likeness (QED) is 0.507. The highest BCUT2D eigenvalue weighted by molar-refractivity contribution is 7.98. The van der Waals surface area contributed by atoms with Crippen molar-refractivity contribution >= 4 is 22.7 Å². The molecule has 0 aliphatic rings. The maximum absolute atomic E-state index is 12.4. The summed E-state index contributed by atoms with van der Waals surface area (Å²) in [5, 5.41) is 10.2. The Kier molecular flexibility index (Phi) is 5.25. The van der Waals surface area contributed by atoms with E-state index >= 15 is 0 Å². The molecule has 2 aromatic heterocycles. The minimum absolute atomic E-state index is 0.106. The molecule has 0 unspecified atom stereocenters. The van der Waals surface area contributed by atoms with Gasteiger partial charge in [-0.1, -0.05) is 54.2 Å². The lowest BCUT2D eigenvalue weighted by atomic mass is 10.1. The second kappa shape index (κ2) is 7.98. The predicted molar refractivity (Wildman–Crippen MR) is 112 cm³/mol. The highest BCUT2D eigenvalue weighted by atomic mass is 32.2. The number of fused-ring (bicyclic) bond motifs is 1. The van der Waals surface area contributed by atoms with Gasteiger partial charge in [-0.2, -0.15) is 0 Å². The summed E-state index contributed by atoms with van der Waals surface area (Å²) >= 11 is 1.54. The Bertz CT molecular complexity index is 1170. The first-order valence-electron chi connectivity index (χ1n) is 9.23. The molecule has 4 rings (SSSR count). The molecule has 0 aliphatic heterocycles. The van der Waals surface area contributed by atoms with E-state index in [1.165, 1.54) is 17.3 Å². The van der Waals surface area contributed by atoms with Crippen molar-refractivity contribution < 1.29 is 0 Å². The molecule has 0 aliphatic carbocycles. The molecule has 0 amide bonds. The van der Waals surface area contributed by atoms with E-state index < -0.39 is 0 Å². The number of benzene rings is 2. The fraction of sp³-hybridized carbons (Fsp3) is 0.238. The summed E-state index contributed by atoms with van der Waals surface area (Å²) in [6, 6.07) is 15.9. The SMILES string of the molecule is CCn1c(Cc2ccccc2)nnc1SCc1nc2c(C)cccc2c(=O)[nH]1. The normalized spacial score (nSPS) is 11.2. The maximum atomic E-state index is 12.4. The first kappa shape index (κ1) is 18.4. The van der Waals surface area contributed by atoms with Crippen LogP contribution in [0, 0.1) is 6.92 Å². The summed E-state index contributed by atoms with van der Waals surface area (Å²) in [7, 11) is 0. The zero-order chi connectivity index (χ0) is 19.5. The summed E-state index contributed by atoms with van der Waals surface area (Å²) in [4.78, 5) is 19.9. The second-order valence-electron chi connectivity index (χ2n) is 6.58. The zero-order valence-corrected chi connectivity index (χ0v) is 16.7. The van der Waals surface area contributed by atoms with E-state index in [4.69, 9.17) is 0 Å². The predicted octanol–water partition coefficient (Wildman–Crippen LogP) is 3.73. The molecule has 0 bridgehead atoms. The highest BCUT2D eigenvalue weighted by Crippen LogP contribution is 2.22. The van der Waals surface area contributed by atoms with Crippen LogP contribution in [0.25, 0.3) is 10.9 Å². The van der Waals surface area contributed by atoms with Gasteiger partial charge < -0.3 is 9.55 Å². The number of hydrogen-bond acceptors (Lipinski definition) is 5. The van der Waals surface area contributed by atoms with Gasteiger partial charge in [-0.25, -0.2) is 4.98 Å². The van der Waals surface area contributed by atoms with Crippen LogP contribution in [0.2, 0.25) is 0 Å². The van der Waals surface area contributed by atoms with Crippen molar-refractivity contribution in [2.75, 3.05) is 0 Å². The van der Waals surface area contributed by atoms with Crippen molar-refractivity contribution in [1.29, 1.82) is 0 Å². The molecule has 2 aromatic carbocycles. The number of para-hydroxylation sites is 1. The zero-order valence-electron chi connectivity index (χ0n) is 15.8. The van der Waals surface area contributed by atoms with Crippen molar-refractivity contribution in [3.63, 3.8) is 0 Å². The van der Waals surface area contributed by atoms with Gasteiger partial charge in [0.2, 0.25) is 0 Å². The van der Waals surface area contributed by atoms with Crippen molar-refractivity contribution in [2.24, 2.45) is 0 Å². The number of aromatic nitrogens is 5. The summed E-state index contributed by atoms with van der Waals surface area (Å²) in [6.07, 6.45) is 0.743. The Labute approximate surface area is 167 Å². The van der Waals surface area contributed by atoms with Gasteiger partial charge in [-0.15, -0.1) is 10.2 Å².